The van der Waals surface area contributed by atoms with Crippen LogP contribution >= 0.6 is 11.9 Å². The Bertz CT molecular complexity index is 652. The number of nitrogens with two attached hydrogens (primary N) is 1. The molecule has 21 heavy (non-hydrogen) atoms. The lowest BCUT2D eigenvalue weighted by Crippen LogP contribution is -2.03. The van der Waals surface area contributed by atoms with Crippen LogP contribution in [0.3, 0.4) is 0 Å². The van der Waals surface area contributed by atoms with Gasteiger partial charge < -0.3 is 15.2 Å². The number of aromatic nitrogens is 1. The number of nitrogens with zero attached hydrogens (tertiary/aromatic N) is 1. The monoisotopic (exact) mass is 309 g/mol. The molecule has 4 N–H and O–H groups in total. The molecule has 0 aliphatic carbocycles. The van der Waals surface area contributed by atoms with Gasteiger partial charge in [-0.25, -0.2) is 9.37 Å². The third-order valence-electron chi connectivity index (χ3n) is 2.96. The van der Waals surface area contributed by atoms with Crippen LogP contribution in [0.1, 0.15) is 11.1 Å². The van der Waals surface area contributed by atoms with Gasteiger partial charge in [0, 0.05) is 18.2 Å². The molecule has 0 aliphatic rings. The van der Waals surface area contributed by atoms with E-state index in [0.29, 0.717) is 5.56 Å². The molecule has 1 aromatic heterocycles. The zero-order chi connectivity index (χ0) is 15.4. The van der Waals surface area contributed by atoms with E-state index >= 15 is 0 Å². The van der Waals surface area contributed by atoms with E-state index in [2.05, 4.69) is 10.3 Å². The van der Waals surface area contributed by atoms with Crippen molar-refractivity contribution in [1.82, 2.24) is 4.98 Å². The first-order valence-corrected chi connectivity index (χ1v) is 7.05. The summed E-state index contributed by atoms with van der Waals surface area (Å²) in [6.07, 6.45) is 1.63. The van der Waals surface area contributed by atoms with Crippen LogP contribution in [0.5, 0.6) is 11.5 Å². The van der Waals surface area contributed by atoms with Gasteiger partial charge in [-0.2, -0.15) is 0 Å². The zero-order valence-electron chi connectivity index (χ0n) is 11.7. The summed E-state index contributed by atoms with van der Waals surface area (Å²) in [5, 5.41) is 19.3. The SMILES string of the molecule is COc1cc(F)cc(CNc2cnc(SN)c(C)c2)c1O. The topological polar surface area (TPSA) is 80.4 Å². The van der Waals surface area contributed by atoms with E-state index in [1.807, 2.05) is 13.0 Å². The van der Waals surface area contributed by atoms with Gasteiger partial charge >= 0.3 is 0 Å². The Morgan fingerprint density at radius 2 is 2.19 bits per heavy atom. The lowest BCUT2D eigenvalue weighted by molar-refractivity contribution is 0.367. The van der Waals surface area contributed by atoms with E-state index in [0.717, 1.165) is 34.3 Å². The fraction of sp³-hybridized carbons (Fsp3) is 0.214. The third kappa shape index (κ3) is 3.56. The van der Waals surface area contributed by atoms with Crippen molar-refractivity contribution in [3.8, 4) is 11.5 Å². The first-order valence-electron chi connectivity index (χ1n) is 6.17. The normalized spacial score (nSPS) is 10.5. The lowest BCUT2D eigenvalue weighted by atomic mass is 10.1. The maximum absolute atomic E-state index is 13.4. The first kappa shape index (κ1) is 15.4. The second-order valence-corrected chi connectivity index (χ2v) is 5.06. The van der Waals surface area contributed by atoms with Crippen molar-refractivity contribution < 1.29 is 14.2 Å². The average molecular weight is 309 g/mol. The van der Waals surface area contributed by atoms with Gasteiger partial charge in [0.05, 0.1) is 19.0 Å². The number of rotatable bonds is 5. The summed E-state index contributed by atoms with van der Waals surface area (Å²) in [6.45, 7) is 2.15. The highest BCUT2D eigenvalue weighted by Crippen LogP contribution is 2.31. The number of phenols is 1. The minimum Gasteiger partial charge on any atom is -0.504 e. The molecule has 1 heterocycles. The van der Waals surface area contributed by atoms with E-state index in [1.165, 1.54) is 13.2 Å². The number of aromatic hydroxyl groups is 1. The molecule has 0 aliphatic heterocycles. The van der Waals surface area contributed by atoms with Crippen LogP contribution in [0, 0.1) is 12.7 Å². The number of ether oxygens (including phenoxy) is 1. The summed E-state index contributed by atoms with van der Waals surface area (Å²) in [4.78, 5) is 4.20. The molecule has 7 heteroatoms. The van der Waals surface area contributed by atoms with Crippen molar-refractivity contribution in [3.05, 3.63) is 41.3 Å². The van der Waals surface area contributed by atoms with Crippen LogP contribution in [0.2, 0.25) is 0 Å². The molecule has 5 nitrogen and oxygen atoms in total. The molecule has 0 atom stereocenters. The Labute approximate surface area is 126 Å². The fourth-order valence-corrected chi connectivity index (χ4v) is 2.26. The summed E-state index contributed by atoms with van der Waals surface area (Å²) in [7, 11) is 1.38. The molecule has 0 saturated carbocycles. The summed E-state index contributed by atoms with van der Waals surface area (Å²) in [5.41, 5.74) is 2.10. The van der Waals surface area contributed by atoms with E-state index in [4.69, 9.17) is 9.88 Å². The molecule has 0 fully saturated rings. The minimum atomic E-state index is -0.467. The van der Waals surface area contributed by atoms with E-state index in [1.54, 1.807) is 6.20 Å². The van der Waals surface area contributed by atoms with Crippen molar-refractivity contribution in [2.24, 2.45) is 5.14 Å². The number of halogens is 1. The van der Waals surface area contributed by atoms with Gasteiger partial charge in [0.2, 0.25) is 0 Å². The van der Waals surface area contributed by atoms with E-state index < -0.39 is 5.82 Å². The fourth-order valence-electron chi connectivity index (χ4n) is 1.90. The molecule has 2 aromatic rings. The number of aryl methyl sites for hydroxylation is 1. The maximum atomic E-state index is 13.4. The molecule has 0 unspecified atom stereocenters. The number of hydrogen-bond donors (Lipinski definition) is 3. The molecule has 112 valence electrons. The minimum absolute atomic E-state index is 0.0785. The van der Waals surface area contributed by atoms with Crippen LogP contribution in [0.25, 0.3) is 0 Å². The number of pyridine rings is 1. The largest absolute Gasteiger partial charge is 0.504 e. The predicted octanol–water partition coefficient (Wildman–Crippen LogP) is 2.82. The zero-order valence-corrected chi connectivity index (χ0v) is 12.5. The molecule has 0 bridgehead atoms. The Kier molecular flexibility index (Phi) is 4.87. The molecule has 0 amide bonds. The van der Waals surface area contributed by atoms with Gasteiger partial charge in [-0.3, -0.25) is 5.14 Å². The number of nitrogens with one attached hydrogen (secondary N) is 1. The Hall–Kier alpha value is -1.99. The standard InChI is InChI=1S/C14H16FN3O2S/c1-8-3-11(7-18-14(8)21-16)17-6-9-4-10(15)5-12(20-2)13(9)19/h3-5,7,17,19H,6,16H2,1-2H3. The smallest absolute Gasteiger partial charge is 0.163 e. The van der Waals surface area contributed by atoms with Crippen LogP contribution < -0.4 is 15.2 Å². The highest BCUT2D eigenvalue weighted by atomic mass is 32.2. The Morgan fingerprint density at radius 1 is 1.43 bits per heavy atom. The number of hydrogen-bond acceptors (Lipinski definition) is 6. The van der Waals surface area contributed by atoms with Crippen LogP contribution in [0.4, 0.5) is 10.1 Å². The summed E-state index contributed by atoms with van der Waals surface area (Å²) in [6, 6.07) is 4.28. The van der Waals surface area contributed by atoms with Crippen molar-refractivity contribution in [2.45, 2.75) is 18.5 Å². The highest BCUT2D eigenvalue weighted by molar-refractivity contribution is 7.97. The Balaban J connectivity index is 2.16. The number of anilines is 1. The van der Waals surface area contributed by atoms with Crippen molar-refractivity contribution in [2.75, 3.05) is 12.4 Å². The van der Waals surface area contributed by atoms with Gasteiger partial charge in [0.15, 0.2) is 11.5 Å². The van der Waals surface area contributed by atoms with Crippen LogP contribution in [-0.4, -0.2) is 17.2 Å². The lowest BCUT2D eigenvalue weighted by Gasteiger charge is -2.12. The molecular weight excluding hydrogens is 293 g/mol. The highest BCUT2D eigenvalue weighted by Gasteiger charge is 2.11. The molecule has 0 saturated heterocycles. The number of benzene rings is 1. The quantitative estimate of drug-likeness (QED) is 0.737. The van der Waals surface area contributed by atoms with Gasteiger partial charge in [-0.1, -0.05) is 0 Å². The predicted molar refractivity (Wildman–Crippen MR) is 81.0 cm³/mol. The maximum Gasteiger partial charge on any atom is 0.163 e. The average Bonchev–Trinajstić information content (AvgIpc) is 2.47. The van der Waals surface area contributed by atoms with Crippen molar-refractivity contribution in [1.29, 1.82) is 0 Å². The molecule has 0 radical (unpaired) electrons. The van der Waals surface area contributed by atoms with Crippen molar-refractivity contribution >= 4 is 17.6 Å². The molecule has 0 spiro atoms. The van der Waals surface area contributed by atoms with Gasteiger partial charge in [0.25, 0.3) is 0 Å². The molecular formula is C14H16FN3O2S. The van der Waals surface area contributed by atoms with Gasteiger partial charge in [0.1, 0.15) is 10.8 Å². The van der Waals surface area contributed by atoms with Crippen LogP contribution in [-0.2, 0) is 6.54 Å². The first-order chi connectivity index (χ1) is 10.0. The van der Waals surface area contributed by atoms with E-state index in [-0.39, 0.29) is 18.0 Å². The third-order valence-corrected chi connectivity index (χ3v) is 3.61. The second kappa shape index (κ2) is 6.64. The molecule has 1 aromatic carbocycles. The van der Waals surface area contributed by atoms with Crippen molar-refractivity contribution in [3.63, 3.8) is 0 Å². The number of phenolic OH excluding ortho intramolecular Hbond substituents is 1. The summed E-state index contributed by atoms with van der Waals surface area (Å²) in [5.74, 6) is -0.438. The molecule has 2 rings (SSSR count). The second-order valence-electron chi connectivity index (χ2n) is 4.43. The number of methoxy groups -OCH3 is 1. The Morgan fingerprint density at radius 3 is 2.81 bits per heavy atom. The van der Waals surface area contributed by atoms with Crippen LogP contribution in [0.15, 0.2) is 29.4 Å². The van der Waals surface area contributed by atoms with Gasteiger partial charge in [-0.05, 0) is 36.6 Å². The summed E-state index contributed by atoms with van der Waals surface area (Å²) < 4.78 is 18.4. The van der Waals surface area contributed by atoms with Gasteiger partial charge in [-0.15, -0.1) is 0 Å². The van der Waals surface area contributed by atoms with E-state index in [9.17, 15) is 9.50 Å². The summed E-state index contributed by atoms with van der Waals surface area (Å²) >= 11 is 1.08.